The molecule has 0 radical (unpaired) electrons. The molecule has 0 aromatic heterocycles. The van der Waals surface area contributed by atoms with E-state index in [1.165, 1.54) is 5.69 Å². The minimum absolute atomic E-state index is 0.115. The fourth-order valence-corrected chi connectivity index (χ4v) is 2.15. The summed E-state index contributed by atoms with van der Waals surface area (Å²) < 4.78 is 0. The lowest BCUT2D eigenvalue weighted by molar-refractivity contribution is 0.115. The molecule has 0 aliphatic carbocycles. The third-order valence-electron chi connectivity index (χ3n) is 3.61. The van der Waals surface area contributed by atoms with Gasteiger partial charge in [0, 0.05) is 31.1 Å². The van der Waals surface area contributed by atoms with Gasteiger partial charge in [-0.2, -0.15) is 0 Å². The first-order valence-corrected chi connectivity index (χ1v) is 5.84. The summed E-state index contributed by atoms with van der Waals surface area (Å²) in [6.07, 6.45) is 2.10. The van der Waals surface area contributed by atoms with Crippen molar-refractivity contribution in [2.75, 3.05) is 30.3 Å². The molecule has 88 valence electrons. The normalized spacial score (nSPS) is 19.8. The topological polar surface area (TPSA) is 49.5 Å². The van der Waals surface area contributed by atoms with Crippen LogP contribution in [0.3, 0.4) is 0 Å². The van der Waals surface area contributed by atoms with E-state index in [9.17, 15) is 5.11 Å². The number of aliphatic hydroxyl groups is 1. The number of hydrogen-bond donors (Lipinski definition) is 2. The van der Waals surface area contributed by atoms with E-state index in [0.717, 1.165) is 31.6 Å². The smallest absolute Gasteiger partial charge is 0.0486 e. The average Bonchev–Trinajstić information content (AvgIpc) is 2.32. The van der Waals surface area contributed by atoms with Crippen molar-refractivity contribution < 1.29 is 5.11 Å². The van der Waals surface area contributed by atoms with Crippen molar-refractivity contribution in [1.82, 2.24) is 0 Å². The predicted octanol–water partition coefficient (Wildman–Crippen LogP) is 1.87. The van der Waals surface area contributed by atoms with Crippen molar-refractivity contribution in [3.8, 4) is 0 Å². The van der Waals surface area contributed by atoms with Gasteiger partial charge in [-0.25, -0.2) is 0 Å². The molecule has 1 fully saturated rings. The van der Waals surface area contributed by atoms with E-state index in [-0.39, 0.29) is 5.41 Å². The van der Waals surface area contributed by atoms with Crippen LogP contribution in [0.4, 0.5) is 11.4 Å². The minimum Gasteiger partial charge on any atom is -0.399 e. The van der Waals surface area contributed by atoms with Gasteiger partial charge in [0.2, 0.25) is 0 Å². The van der Waals surface area contributed by atoms with Gasteiger partial charge in [0.05, 0.1) is 0 Å². The third-order valence-corrected chi connectivity index (χ3v) is 3.61. The van der Waals surface area contributed by atoms with Crippen LogP contribution in [0.5, 0.6) is 0 Å². The molecule has 0 spiro atoms. The molecule has 0 atom stereocenters. The zero-order valence-electron chi connectivity index (χ0n) is 9.82. The maximum absolute atomic E-state index is 9.31. The van der Waals surface area contributed by atoms with E-state index in [1.54, 1.807) is 0 Å². The Kier molecular flexibility index (Phi) is 3.06. The lowest BCUT2D eigenvalue weighted by Crippen LogP contribution is -2.40. The number of hydrogen-bond acceptors (Lipinski definition) is 3. The number of anilines is 2. The van der Waals surface area contributed by atoms with Crippen LogP contribution in [0.1, 0.15) is 19.8 Å². The summed E-state index contributed by atoms with van der Waals surface area (Å²) in [6, 6.07) is 8.01. The molecule has 3 nitrogen and oxygen atoms in total. The van der Waals surface area contributed by atoms with Gasteiger partial charge in [-0.1, -0.05) is 6.92 Å². The molecule has 0 amide bonds. The first-order chi connectivity index (χ1) is 7.63. The van der Waals surface area contributed by atoms with Crippen molar-refractivity contribution in [3.05, 3.63) is 24.3 Å². The number of benzene rings is 1. The van der Waals surface area contributed by atoms with Gasteiger partial charge in [0.1, 0.15) is 0 Å². The van der Waals surface area contributed by atoms with E-state index >= 15 is 0 Å². The SMILES string of the molecule is CC1(CO)CCN(c2ccc(N)cc2)CC1. The Balaban J connectivity index is 2.01. The minimum atomic E-state index is 0.115. The van der Waals surface area contributed by atoms with Crippen LogP contribution in [0, 0.1) is 5.41 Å². The molecule has 1 aromatic rings. The molecule has 3 heteroatoms. The van der Waals surface area contributed by atoms with Crippen molar-refractivity contribution in [3.63, 3.8) is 0 Å². The molecule has 1 aliphatic heterocycles. The summed E-state index contributed by atoms with van der Waals surface area (Å²) in [5, 5.41) is 9.31. The summed E-state index contributed by atoms with van der Waals surface area (Å²) in [4.78, 5) is 2.36. The first-order valence-electron chi connectivity index (χ1n) is 5.84. The van der Waals surface area contributed by atoms with Gasteiger partial charge in [-0.05, 0) is 42.5 Å². The number of nitrogens with zero attached hydrogens (tertiary/aromatic N) is 1. The highest BCUT2D eigenvalue weighted by Gasteiger charge is 2.29. The van der Waals surface area contributed by atoms with Gasteiger partial charge in [-0.3, -0.25) is 0 Å². The van der Waals surface area contributed by atoms with Crippen LogP contribution in [0.2, 0.25) is 0 Å². The maximum atomic E-state index is 9.31. The average molecular weight is 220 g/mol. The molecule has 3 N–H and O–H groups in total. The van der Waals surface area contributed by atoms with Crippen molar-refractivity contribution in [2.24, 2.45) is 5.41 Å². The quantitative estimate of drug-likeness (QED) is 0.748. The lowest BCUT2D eigenvalue weighted by atomic mass is 9.81. The maximum Gasteiger partial charge on any atom is 0.0486 e. The molecule has 1 heterocycles. The van der Waals surface area contributed by atoms with Crippen LogP contribution in [0.25, 0.3) is 0 Å². The van der Waals surface area contributed by atoms with Crippen LogP contribution >= 0.6 is 0 Å². The highest BCUT2D eigenvalue weighted by atomic mass is 16.3. The lowest BCUT2D eigenvalue weighted by Gasteiger charge is -2.39. The van der Waals surface area contributed by atoms with Gasteiger partial charge in [-0.15, -0.1) is 0 Å². The van der Waals surface area contributed by atoms with E-state index in [0.29, 0.717) is 6.61 Å². The summed E-state index contributed by atoms with van der Waals surface area (Å²) >= 11 is 0. The van der Waals surface area contributed by atoms with E-state index in [2.05, 4.69) is 24.0 Å². The fourth-order valence-electron chi connectivity index (χ4n) is 2.15. The van der Waals surface area contributed by atoms with Crippen LogP contribution in [-0.2, 0) is 0 Å². The Bertz CT molecular complexity index is 339. The molecule has 1 aromatic carbocycles. The third kappa shape index (κ3) is 2.30. The highest BCUT2D eigenvalue weighted by molar-refractivity contribution is 5.53. The predicted molar refractivity (Wildman–Crippen MR) is 67.5 cm³/mol. The molecule has 2 rings (SSSR count). The second-order valence-corrected chi connectivity index (χ2v) is 5.05. The monoisotopic (exact) mass is 220 g/mol. The van der Waals surface area contributed by atoms with Crippen LogP contribution < -0.4 is 10.6 Å². The standard InChI is InChI=1S/C13H20N2O/c1-13(10-16)6-8-15(9-7-13)12-4-2-11(14)3-5-12/h2-5,16H,6-10,14H2,1H3. The molecule has 1 aliphatic rings. The second kappa shape index (κ2) is 4.34. The fraction of sp³-hybridized carbons (Fsp3) is 0.538. The Morgan fingerprint density at radius 2 is 1.81 bits per heavy atom. The molecule has 0 bridgehead atoms. The van der Waals surface area contributed by atoms with Gasteiger partial charge >= 0.3 is 0 Å². The van der Waals surface area contributed by atoms with E-state index in [4.69, 9.17) is 5.73 Å². The first kappa shape index (κ1) is 11.3. The number of piperidine rings is 1. The van der Waals surface area contributed by atoms with Crippen molar-refractivity contribution in [2.45, 2.75) is 19.8 Å². The van der Waals surface area contributed by atoms with Crippen LogP contribution in [0.15, 0.2) is 24.3 Å². The van der Waals surface area contributed by atoms with E-state index < -0.39 is 0 Å². The van der Waals surface area contributed by atoms with Gasteiger partial charge in [0.15, 0.2) is 0 Å². The van der Waals surface area contributed by atoms with E-state index in [1.807, 2.05) is 12.1 Å². The molecule has 0 saturated carbocycles. The number of aliphatic hydroxyl groups excluding tert-OH is 1. The van der Waals surface area contributed by atoms with Gasteiger partial charge < -0.3 is 15.7 Å². The largest absolute Gasteiger partial charge is 0.399 e. The summed E-state index contributed by atoms with van der Waals surface area (Å²) in [6.45, 7) is 4.48. The van der Waals surface area contributed by atoms with Crippen molar-refractivity contribution >= 4 is 11.4 Å². The molecule has 0 unspecified atom stereocenters. The number of nitrogen functional groups attached to an aromatic ring is 1. The Morgan fingerprint density at radius 1 is 1.25 bits per heavy atom. The Morgan fingerprint density at radius 3 is 2.31 bits per heavy atom. The molecule has 16 heavy (non-hydrogen) atoms. The summed E-state index contributed by atoms with van der Waals surface area (Å²) in [5.74, 6) is 0. The highest BCUT2D eigenvalue weighted by Crippen LogP contribution is 2.32. The van der Waals surface area contributed by atoms with Gasteiger partial charge in [0.25, 0.3) is 0 Å². The van der Waals surface area contributed by atoms with Crippen LogP contribution in [-0.4, -0.2) is 24.8 Å². The second-order valence-electron chi connectivity index (χ2n) is 5.05. The number of nitrogens with two attached hydrogens (primary N) is 1. The zero-order valence-corrected chi connectivity index (χ0v) is 9.82. The molecule has 1 saturated heterocycles. The van der Waals surface area contributed by atoms with Crippen molar-refractivity contribution in [1.29, 1.82) is 0 Å². The summed E-state index contributed by atoms with van der Waals surface area (Å²) in [5.41, 5.74) is 7.82. The Hall–Kier alpha value is -1.22. The number of rotatable bonds is 2. The zero-order chi connectivity index (χ0) is 11.6. The summed E-state index contributed by atoms with van der Waals surface area (Å²) in [7, 11) is 0. The molecular formula is C13H20N2O. The Labute approximate surface area is 96.9 Å². The molecular weight excluding hydrogens is 200 g/mol.